The van der Waals surface area contributed by atoms with Crippen molar-refractivity contribution in [3.63, 3.8) is 0 Å². The molecule has 0 saturated heterocycles. The molecule has 1 saturated carbocycles. The fraction of sp³-hybridized carbons (Fsp3) is 0.769. The Morgan fingerprint density at radius 1 is 1.38 bits per heavy atom. The van der Waals surface area contributed by atoms with Crippen LogP contribution in [0.25, 0.3) is 0 Å². The van der Waals surface area contributed by atoms with Gasteiger partial charge in [-0.2, -0.15) is 5.10 Å². The van der Waals surface area contributed by atoms with Crippen LogP contribution >= 0.6 is 0 Å². The van der Waals surface area contributed by atoms with Gasteiger partial charge in [0.05, 0.1) is 12.3 Å². The van der Waals surface area contributed by atoms with Gasteiger partial charge in [-0.15, -0.1) is 0 Å². The largest absolute Gasteiger partial charge is 0.395 e. The summed E-state index contributed by atoms with van der Waals surface area (Å²) in [5.74, 6) is 0. The SMILES string of the molecule is CCn1nc(C)c(C2(CO)CC2(C)C)c1C. The lowest BCUT2D eigenvalue weighted by atomic mass is 9.87. The minimum Gasteiger partial charge on any atom is -0.395 e. The predicted molar refractivity (Wildman–Crippen MR) is 64.5 cm³/mol. The molecule has 3 heteroatoms. The van der Waals surface area contributed by atoms with Crippen LogP contribution in [0.5, 0.6) is 0 Å². The van der Waals surface area contributed by atoms with Gasteiger partial charge in [0.15, 0.2) is 0 Å². The fourth-order valence-corrected chi connectivity index (χ4v) is 3.18. The van der Waals surface area contributed by atoms with Gasteiger partial charge < -0.3 is 5.11 Å². The van der Waals surface area contributed by atoms with E-state index < -0.39 is 0 Å². The molecular weight excluding hydrogens is 200 g/mol. The molecule has 0 aliphatic heterocycles. The van der Waals surface area contributed by atoms with E-state index in [0.717, 1.165) is 18.7 Å². The van der Waals surface area contributed by atoms with Crippen LogP contribution < -0.4 is 0 Å². The minimum absolute atomic E-state index is 0.0470. The maximum atomic E-state index is 9.74. The highest BCUT2D eigenvalue weighted by atomic mass is 16.3. The molecule has 1 aliphatic carbocycles. The van der Waals surface area contributed by atoms with Crippen molar-refractivity contribution in [1.82, 2.24) is 9.78 Å². The summed E-state index contributed by atoms with van der Waals surface area (Å²) in [6, 6.07) is 0. The summed E-state index contributed by atoms with van der Waals surface area (Å²) in [5.41, 5.74) is 3.74. The van der Waals surface area contributed by atoms with Gasteiger partial charge in [-0.3, -0.25) is 4.68 Å². The van der Waals surface area contributed by atoms with E-state index in [1.54, 1.807) is 0 Å². The predicted octanol–water partition coefficient (Wildman–Crippen LogP) is 2.18. The average Bonchev–Trinajstić information content (AvgIpc) is 2.64. The van der Waals surface area contributed by atoms with E-state index >= 15 is 0 Å². The van der Waals surface area contributed by atoms with Gasteiger partial charge in [0.1, 0.15) is 0 Å². The van der Waals surface area contributed by atoms with Crippen molar-refractivity contribution >= 4 is 0 Å². The van der Waals surface area contributed by atoms with E-state index in [1.807, 2.05) is 4.68 Å². The first kappa shape index (κ1) is 11.6. The molecule has 1 heterocycles. The zero-order valence-corrected chi connectivity index (χ0v) is 11.0. The quantitative estimate of drug-likeness (QED) is 0.851. The summed E-state index contributed by atoms with van der Waals surface area (Å²) >= 11 is 0. The van der Waals surface area contributed by atoms with Gasteiger partial charge in [-0.1, -0.05) is 13.8 Å². The standard InChI is InChI=1S/C13H22N2O/c1-6-15-10(3)11(9(2)14-15)13(8-16)7-12(13,4)5/h16H,6-8H2,1-5H3. The molecule has 0 radical (unpaired) electrons. The van der Waals surface area contributed by atoms with Gasteiger partial charge in [0.2, 0.25) is 0 Å². The Labute approximate surface area is 97.5 Å². The van der Waals surface area contributed by atoms with E-state index in [-0.39, 0.29) is 17.4 Å². The van der Waals surface area contributed by atoms with Crippen molar-refractivity contribution < 1.29 is 5.11 Å². The first-order valence-corrected chi connectivity index (χ1v) is 6.05. The van der Waals surface area contributed by atoms with Crippen molar-refractivity contribution in [3.8, 4) is 0 Å². The van der Waals surface area contributed by atoms with E-state index in [1.165, 1.54) is 11.3 Å². The molecule has 1 aromatic heterocycles. The summed E-state index contributed by atoms with van der Waals surface area (Å²) in [5, 5.41) is 14.3. The van der Waals surface area contributed by atoms with Crippen LogP contribution in [-0.4, -0.2) is 21.5 Å². The monoisotopic (exact) mass is 222 g/mol. The number of aromatic nitrogens is 2. The third-order valence-electron chi connectivity index (χ3n) is 4.34. The average molecular weight is 222 g/mol. The normalized spacial score (nSPS) is 27.1. The summed E-state index contributed by atoms with van der Waals surface area (Å²) in [7, 11) is 0. The summed E-state index contributed by atoms with van der Waals surface area (Å²) in [6.07, 6.45) is 1.06. The third kappa shape index (κ3) is 1.27. The molecule has 1 aromatic rings. The first-order chi connectivity index (χ1) is 7.39. The van der Waals surface area contributed by atoms with E-state index in [4.69, 9.17) is 0 Å². The molecule has 0 amide bonds. The first-order valence-electron chi connectivity index (χ1n) is 6.05. The maximum Gasteiger partial charge on any atom is 0.0635 e. The molecule has 0 bridgehead atoms. The van der Waals surface area contributed by atoms with Crippen molar-refractivity contribution in [3.05, 3.63) is 17.0 Å². The lowest BCUT2D eigenvalue weighted by Gasteiger charge is -2.18. The van der Waals surface area contributed by atoms with Crippen LogP contribution in [0.15, 0.2) is 0 Å². The molecule has 1 fully saturated rings. The topological polar surface area (TPSA) is 38.0 Å². The Kier molecular flexibility index (Phi) is 2.42. The van der Waals surface area contributed by atoms with Gasteiger partial charge >= 0.3 is 0 Å². The number of aryl methyl sites for hydroxylation is 2. The van der Waals surface area contributed by atoms with Crippen LogP contribution in [0.2, 0.25) is 0 Å². The Hall–Kier alpha value is -0.830. The second kappa shape index (κ2) is 3.33. The van der Waals surface area contributed by atoms with E-state index in [2.05, 4.69) is 39.7 Å². The van der Waals surface area contributed by atoms with E-state index in [0.29, 0.717) is 0 Å². The Morgan fingerprint density at radius 2 is 1.94 bits per heavy atom. The Balaban J connectivity index is 2.53. The van der Waals surface area contributed by atoms with Gasteiger partial charge in [0.25, 0.3) is 0 Å². The molecule has 2 rings (SSSR count). The number of hydrogen-bond donors (Lipinski definition) is 1. The number of rotatable bonds is 3. The highest BCUT2D eigenvalue weighted by Gasteiger charge is 2.63. The van der Waals surface area contributed by atoms with Crippen LogP contribution in [0.1, 0.15) is 44.1 Å². The summed E-state index contributed by atoms with van der Waals surface area (Å²) in [6.45, 7) is 11.9. The van der Waals surface area contributed by atoms with E-state index in [9.17, 15) is 5.11 Å². The second-order valence-corrected chi connectivity index (χ2v) is 5.66. The minimum atomic E-state index is -0.0470. The number of aliphatic hydroxyl groups excluding tert-OH is 1. The molecule has 90 valence electrons. The van der Waals surface area contributed by atoms with Crippen molar-refractivity contribution in [2.24, 2.45) is 5.41 Å². The third-order valence-corrected chi connectivity index (χ3v) is 4.34. The maximum absolute atomic E-state index is 9.74. The lowest BCUT2D eigenvalue weighted by Crippen LogP contribution is -2.21. The van der Waals surface area contributed by atoms with Gasteiger partial charge in [-0.05, 0) is 32.6 Å². The molecule has 0 aromatic carbocycles. The second-order valence-electron chi connectivity index (χ2n) is 5.66. The molecule has 16 heavy (non-hydrogen) atoms. The Bertz CT molecular complexity index is 420. The van der Waals surface area contributed by atoms with Crippen molar-refractivity contribution in [1.29, 1.82) is 0 Å². The van der Waals surface area contributed by atoms with Crippen LogP contribution in [0.3, 0.4) is 0 Å². The zero-order chi connectivity index (χ0) is 12.1. The Morgan fingerprint density at radius 3 is 2.25 bits per heavy atom. The molecule has 1 N–H and O–H groups in total. The number of nitrogens with zero attached hydrogens (tertiary/aromatic N) is 2. The molecular formula is C13H22N2O. The van der Waals surface area contributed by atoms with Crippen molar-refractivity contribution in [2.45, 2.75) is 53.0 Å². The fourth-order valence-electron chi connectivity index (χ4n) is 3.18. The van der Waals surface area contributed by atoms with Crippen molar-refractivity contribution in [2.75, 3.05) is 6.61 Å². The summed E-state index contributed by atoms with van der Waals surface area (Å²) < 4.78 is 2.04. The summed E-state index contributed by atoms with van der Waals surface area (Å²) in [4.78, 5) is 0. The number of aliphatic hydroxyl groups is 1. The molecule has 1 unspecified atom stereocenters. The molecule has 1 atom stereocenters. The van der Waals surface area contributed by atoms with Gasteiger partial charge in [0, 0.05) is 23.2 Å². The smallest absolute Gasteiger partial charge is 0.0635 e. The van der Waals surface area contributed by atoms with Crippen LogP contribution in [-0.2, 0) is 12.0 Å². The molecule has 3 nitrogen and oxygen atoms in total. The number of hydrogen-bond acceptors (Lipinski definition) is 2. The highest BCUT2D eigenvalue weighted by molar-refractivity contribution is 5.42. The highest BCUT2D eigenvalue weighted by Crippen LogP contribution is 2.65. The molecule has 0 spiro atoms. The van der Waals surface area contributed by atoms with Gasteiger partial charge in [-0.25, -0.2) is 0 Å². The van der Waals surface area contributed by atoms with Crippen LogP contribution in [0, 0.1) is 19.3 Å². The molecule has 1 aliphatic rings. The lowest BCUT2D eigenvalue weighted by molar-refractivity contribution is 0.230. The van der Waals surface area contributed by atoms with Crippen LogP contribution in [0.4, 0.5) is 0 Å². The zero-order valence-electron chi connectivity index (χ0n) is 11.0.